The highest BCUT2D eigenvalue weighted by molar-refractivity contribution is 7.89. The van der Waals surface area contributed by atoms with E-state index in [0.717, 1.165) is 5.56 Å². The van der Waals surface area contributed by atoms with Crippen molar-refractivity contribution in [2.75, 3.05) is 20.7 Å². The number of rotatable bonds is 13. The number of nitrogens with zero attached hydrogens (tertiary/aromatic N) is 2. The van der Waals surface area contributed by atoms with Crippen molar-refractivity contribution < 1.29 is 22.7 Å². The van der Waals surface area contributed by atoms with E-state index in [9.17, 15) is 18.0 Å². The summed E-state index contributed by atoms with van der Waals surface area (Å²) in [4.78, 5) is 28.0. The number of hydrogen-bond donors (Lipinski definition) is 1. The van der Waals surface area contributed by atoms with Gasteiger partial charge in [-0.1, -0.05) is 37.3 Å². The molecular weight excluding hydrogens is 466 g/mol. The zero-order chi connectivity index (χ0) is 26.0. The maximum absolute atomic E-state index is 13.3. The largest absolute Gasteiger partial charge is 0.497 e. The first-order chi connectivity index (χ1) is 16.6. The van der Waals surface area contributed by atoms with Crippen LogP contribution in [0.3, 0.4) is 0 Å². The van der Waals surface area contributed by atoms with Crippen molar-refractivity contribution in [3.05, 3.63) is 60.2 Å². The smallest absolute Gasteiger partial charge is 0.243 e. The van der Waals surface area contributed by atoms with E-state index in [4.69, 9.17) is 4.74 Å². The van der Waals surface area contributed by atoms with Crippen molar-refractivity contribution in [1.82, 2.24) is 14.5 Å². The number of carbonyl (C=O) groups is 2. The van der Waals surface area contributed by atoms with Crippen LogP contribution < -0.4 is 10.1 Å². The zero-order valence-electron chi connectivity index (χ0n) is 21.2. The predicted octanol–water partition coefficient (Wildman–Crippen LogP) is 3.43. The number of ether oxygens (including phenoxy) is 1. The molecule has 0 aliphatic rings. The molecule has 0 spiro atoms. The lowest BCUT2D eigenvalue weighted by atomic mass is 10.1. The summed E-state index contributed by atoms with van der Waals surface area (Å²) in [5, 5.41) is 2.90. The van der Waals surface area contributed by atoms with Crippen molar-refractivity contribution in [2.45, 2.75) is 63.6 Å². The molecule has 1 unspecified atom stereocenters. The van der Waals surface area contributed by atoms with Crippen LogP contribution in [0.4, 0.5) is 0 Å². The van der Waals surface area contributed by atoms with Gasteiger partial charge in [0.25, 0.3) is 0 Å². The van der Waals surface area contributed by atoms with Crippen LogP contribution in [-0.2, 0) is 26.2 Å². The highest BCUT2D eigenvalue weighted by atomic mass is 32.2. The third-order valence-electron chi connectivity index (χ3n) is 5.62. The summed E-state index contributed by atoms with van der Waals surface area (Å²) in [6, 6.07) is 14.9. The second kappa shape index (κ2) is 13.3. The predicted molar refractivity (Wildman–Crippen MR) is 136 cm³/mol. The molecule has 2 rings (SSSR count). The van der Waals surface area contributed by atoms with Gasteiger partial charge in [0.05, 0.1) is 12.0 Å². The Balaban J connectivity index is 2.15. The fourth-order valence-electron chi connectivity index (χ4n) is 3.76. The molecule has 192 valence electrons. The van der Waals surface area contributed by atoms with Crippen molar-refractivity contribution in [1.29, 1.82) is 0 Å². The summed E-state index contributed by atoms with van der Waals surface area (Å²) in [5.41, 5.74) is 0.845. The van der Waals surface area contributed by atoms with E-state index in [-0.39, 0.29) is 42.3 Å². The molecule has 0 aromatic heterocycles. The molecule has 0 radical (unpaired) electrons. The van der Waals surface area contributed by atoms with E-state index in [2.05, 4.69) is 5.32 Å². The van der Waals surface area contributed by atoms with Gasteiger partial charge in [0, 0.05) is 32.6 Å². The van der Waals surface area contributed by atoms with E-state index in [1.54, 1.807) is 42.3 Å². The van der Waals surface area contributed by atoms with Crippen molar-refractivity contribution in [3.8, 4) is 5.75 Å². The van der Waals surface area contributed by atoms with Crippen LogP contribution in [0.1, 0.15) is 45.6 Å². The van der Waals surface area contributed by atoms with Crippen LogP contribution >= 0.6 is 0 Å². The Kier molecular flexibility index (Phi) is 10.7. The average Bonchev–Trinajstić information content (AvgIpc) is 2.83. The normalized spacial score (nSPS) is 12.4. The molecule has 2 aromatic carbocycles. The van der Waals surface area contributed by atoms with E-state index >= 15 is 0 Å². The van der Waals surface area contributed by atoms with Crippen LogP contribution in [0.15, 0.2) is 59.5 Å². The lowest BCUT2D eigenvalue weighted by molar-refractivity contribution is -0.141. The number of methoxy groups -OCH3 is 1. The number of amides is 2. The molecule has 0 saturated heterocycles. The molecule has 9 heteroatoms. The first-order valence-corrected chi connectivity index (χ1v) is 13.3. The quantitative estimate of drug-likeness (QED) is 0.452. The van der Waals surface area contributed by atoms with Gasteiger partial charge >= 0.3 is 0 Å². The number of nitrogens with one attached hydrogen (secondary N) is 1. The molecule has 2 aromatic rings. The van der Waals surface area contributed by atoms with Gasteiger partial charge in [-0.05, 0) is 56.5 Å². The van der Waals surface area contributed by atoms with Crippen LogP contribution in [0, 0.1) is 0 Å². The summed E-state index contributed by atoms with van der Waals surface area (Å²) in [6.07, 6.45) is 0.902. The molecule has 1 atom stereocenters. The van der Waals surface area contributed by atoms with Gasteiger partial charge < -0.3 is 15.0 Å². The van der Waals surface area contributed by atoms with Gasteiger partial charge in [-0.3, -0.25) is 9.59 Å². The first-order valence-electron chi connectivity index (χ1n) is 11.8. The molecule has 0 saturated carbocycles. The maximum atomic E-state index is 13.3. The SMILES string of the molecule is CCC(C(=O)NC(C)C)N(Cc1cccc(OC)c1)C(=O)CCCN(C)S(=O)(=O)c1ccccc1. The molecular formula is C26H37N3O5S. The first kappa shape index (κ1) is 28.3. The van der Waals surface area contributed by atoms with Gasteiger partial charge in [-0.2, -0.15) is 0 Å². The van der Waals surface area contributed by atoms with Crippen molar-refractivity contribution >= 4 is 21.8 Å². The molecule has 0 aliphatic heterocycles. The van der Waals surface area contributed by atoms with E-state index < -0.39 is 16.1 Å². The monoisotopic (exact) mass is 503 g/mol. The molecule has 0 bridgehead atoms. The minimum absolute atomic E-state index is 0.0536. The van der Waals surface area contributed by atoms with Gasteiger partial charge in [0.1, 0.15) is 11.8 Å². The number of hydrogen-bond acceptors (Lipinski definition) is 5. The lowest BCUT2D eigenvalue weighted by Crippen LogP contribution is -2.50. The van der Waals surface area contributed by atoms with E-state index in [1.807, 2.05) is 45.0 Å². The standard InChI is InChI=1S/C26H37N3O5S/c1-6-24(26(31)27-20(2)3)29(19-21-12-10-13-22(18-21)34-5)25(30)16-11-17-28(4)35(32,33)23-14-8-7-9-15-23/h7-10,12-15,18,20,24H,6,11,16-17,19H2,1-5H3,(H,27,31). The highest BCUT2D eigenvalue weighted by Gasteiger charge is 2.29. The lowest BCUT2D eigenvalue weighted by Gasteiger charge is -2.31. The molecule has 0 heterocycles. The second-order valence-corrected chi connectivity index (χ2v) is 10.7. The molecule has 0 fully saturated rings. The summed E-state index contributed by atoms with van der Waals surface area (Å²) < 4.78 is 32.1. The van der Waals surface area contributed by atoms with Gasteiger partial charge in [-0.25, -0.2) is 12.7 Å². The fourth-order valence-corrected chi connectivity index (χ4v) is 4.99. The third-order valence-corrected chi connectivity index (χ3v) is 7.49. The van der Waals surface area contributed by atoms with Crippen LogP contribution in [0.2, 0.25) is 0 Å². The Hall–Kier alpha value is -2.91. The average molecular weight is 504 g/mol. The fraction of sp³-hybridized carbons (Fsp3) is 0.462. The van der Waals surface area contributed by atoms with Gasteiger partial charge in [-0.15, -0.1) is 0 Å². The van der Waals surface area contributed by atoms with Crippen molar-refractivity contribution in [2.24, 2.45) is 0 Å². The second-order valence-electron chi connectivity index (χ2n) is 8.70. The summed E-state index contributed by atoms with van der Waals surface area (Å²) >= 11 is 0. The Labute approximate surface area is 209 Å². The molecule has 2 amide bonds. The minimum atomic E-state index is -3.63. The number of benzene rings is 2. The molecule has 8 nitrogen and oxygen atoms in total. The highest BCUT2D eigenvalue weighted by Crippen LogP contribution is 2.19. The Bertz CT molecular complexity index is 1070. The molecule has 35 heavy (non-hydrogen) atoms. The van der Waals surface area contributed by atoms with Crippen molar-refractivity contribution in [3.63, 3.8) is 0 Å². The van der Waals surface area contributed by atoms with Crippen LogP contribution in [0.5, 0.6) is 5.75 Å². The minimum Gasteiger partial charge on any atom is -0.497 e. The third kappa shape index (κ3) is 8.07. The Morgan fingerprint density at radius 1 is 1.06 bits per heavy atom. The molecule has 1 N–H and O–H groups in total. The van der Waals surface area contributed by atoms with Crippen LogP contribution in [0.25, 0.3) is 0 Å². The van der Waals surface area contributed by atoms with Crippen LogP contribution in [-0.4, -0.2) is 62.2 Å². The van der Waals surface area contributed by atoms with E-state index in [0.29, 0.717) is 18.6 Å². The maximum Gasteiger partial charge on any atom is 0.243 e. The summed E-state index contributed by atoms with van der Waals surface area (Å²) in [7, 11) is -0.549. The topological polar surface area (TPSA) is 96.0 Å². The Morgan fingerprint density at radius 3 is 2.34 bits per heavy atom. The summed E-state index contributed by atoms with van der Waals surface area (Å²) in [6.45, 7) is 6.06. The molecule has 0 aliphatic carbocycles. The van der Waals surface area contributed by atoms with Gasteiger partial charge in [0.15, 0.2) is 0 Å². The van der Waals surface area contributed by atoms with E-state index in [1.165, 1.54) is 11.4 Å². The van der Waals surface area contributed by atoms with Gasteiger partial charge in [0.2, 0.25) is 21.8 Å². The Morgan fingerprint density at radius 2 is 1.74 bits per heavy atom. The number of sulfonamides is 1. The zero-order valence-corrected chi connectivity index (χ0v) is 22.0. The summed E-state index contributed by atoms with van der Waals surface area (Å²) in [5.74, 6) is 0.258. The number of carbonyl (C=O) groups excluding carboxylic acids is 2.